The van der Waals surface area contributed by atoms with Crippen molar-refractivity contribution in [3.05, 3.63) is 66.2 Å². The van der Waals surface area contributed by atoms with E-state index in [1.807, 2.05) is 48.5 Å². The largest absolute Gasteiger partial charge is 0.504 e. The first-order valence-electron chi connectivity index (χ1n) is 8.73. The molecule has 1 fully saturated rings. The lowest BCUT2D eigenvalue weighted by molar-refractivity contribution is -0.142. The summed E-state index contributed by atoms with van der Waals surface area (Å²) in [5, 5.41) is 11.7. The summed E-state index contributed by atoms with van der Waals surface area (Å²) < 4.78 is 10.9. The third-order valence-corrected chi connectivity index (χ3v) is 5.17. The lowest BCUT2D eigenvalue weighted by Crippen LogP contribution is -2.34. The molecule has 132 valence electrons. The molecular formula is C22H20O4. The van der Waals surface area contributed by atoms with Crippen LogP contribution in [-0.2, 0) is 4.79 Å². The van der Waals surface area contributed by atoms with E-state index < -0.39 is 0 Å². The molecule has 1 N–H and O–H groups in total. The van der Waals surface area contributed by atoms with Crippen LogP contribution in [0.1, 0.15) is 24.3 Å². The van der Waals surface area contributed by atoms with Gasteiger partial charge in [0.2, 0.25) is 0 Å². The molecular weight excluding hydrogens is 328 g/mol. The number of carbonyl (C=O) groups is 1. The summed E-state index contributed by atoms with van der Waals surface area (Å²) in [4.78, 5) is 12.7. The fourth-order valence-corrected chi connectivity index (χ4v) is 3.57. The summed E-state index contributed by atoms with van der Waals surface area (Å²) in [6.45, 7) is 0. The number of fused-ring (bicyclic) bond motifs is 1. The molecule has 26 heavy (non-hydrogen) atoms. The zero-order valence-corrected chi connectivity index (χ0v) is 14.5. The highest BCUT2D eigenvalue weighted by Gasteiger charge is 2.39. The maximum Gasteiger partial charge on any atom is 0.314 e. The van der Waals surface area contributed by atoms with E-state index in [2.05, 4.69) is 0 Å². The van der Waals surface area contributed by atoms with Crippen LogP contribution in [0.15, 0.2) is 60.7 Å². The van der Waals surface area contributed by atoms with E-state index in [0.717, 1.165) is 29.2 Å². The van der Waals surface area contributed by atoms with Gasteiger partial charge in [0.25, 0.3) is 0 Å². The highest BCUT2D eigenvalue weighted by atomic mass is 16.5. The van der Waals surface area contributed by atoms with E-state index in [1.165, 1.54) is 7.11 Å². The minimum absolute atomic E-state index is 0.0898. The molecule has 1 aliphatic rings. The van der Waals surface area contributed by atoms with Crippen molar-refractivity contribution in [3.63, 3.8) is 0 Å². The number of hydrogen-bond acceptors (Lipinski definition) is 4. The number of phenols is 1. The third kappa shape index (κ3) is 2.88. The highest BCUT2D eigenvalue weighted by molar-refractivity contribution is 5.91. The Morgan fingerprint density at radius 2 is 1.81 bits per heavy atom. The fourth-order valence-electron chi connectivity index (χ4n) is 3.57. The van der Waals surface area contributed by atoms with Gasteiger partial charge in [0, 0.05) is 5.39 Å². The topological polar surface area (TPSA) is 55.8 Å². The molecule has 2 atom stereocenters. The van der Waals surface area contributed by atoms with Crippen LogP contribution in [0, 0.1) is 5.92 Å². The summed E-state index contributed by atoms with van der Waals surface area (Å²) >= 11 is 0. The molecule has 4 heteroatoms. The van der Waals surface area contributed by atoms with Gasteiger partial charge in [0.1, 0.15) is 5.75 Å². The van der Waals surface area contributed by atoms with Gasteiger partial charge in [0.15, 0.2) is 11.5 Å². The zero-order chi connectivity index (χ0) is 18.1. The molecule has 4 rings (SSSR count). The summed E-state index contributed by atoms with van der Waals surface area (Å²) in [6, 6.07) is 18.9. The standard InChI is InChI=1S/C22H20O4/c1-25-21-13-15(9-12-19(21)23)16-10-11-18(16)22(24)26-20-8-4-6-14-5-2-3-7-17(14)20/h2-9,12-13,16,18,23H,10-11H2,1H3. The number of rotatable bonds is 4. The van der Waals surface area contributed by atoms with Crippen molar-refractivity contribution in [1.29, 1.82) is 0 Å². The number of aromatic hydroxyl groups is 1. The SMILES string of the molecule is COc1cc(C2CCC2C(=O)Oc2cccc3ccccc23)ccc1O. The van der Waals surface area contributed by atoms with Gasteiger partial charge < -0.3 is 14.6 Å². The summed E-state index contributed by atoms with van der Waals surface area (Å²) in [5.74, 6) is 0.836. The van der Waals surface area contributed by atoms with E-state index in [9.17, 15) is 9.90 Å². The second-order valence-electron chi connectivity index (χ2n) is 6.62. The normalized spacial score (nSPS) is 19.0. The molecule has 0 heterocycles. The van der Waals surface area contributed by atoms with Crippen LogP contribution >= 0.6 is 0 Å². The Kier molecular flexibility index (Phi) is 4.25. The van der Waals surface area contributed by atoms with Crippen LogP contribution in [0.5, 0.6) is 17.2 Å². The minimum Gasteiger partial charge on any atom is -0.504 e. The number of hydrogen-bond donors (Lipinski definition) is 1. The minimum atomic E-state index is -0.204. The van der Waals surface area contributed by atoms with E-state index >= 15 is 0 Å². The molecule has 0 aromatic heterocycles. The Bertz CT molecular complexity index is 958. The third-order valence-electron chi connectivity index (χ3n) is 5.17. The predicted molar refractivity (Wildman–Crippen MR) is 99.7 cm³/mol. The van der Waals surface area contributed by atoms with Crippen molar-refractivity contribution in [1.82, 2.24) is 0 Å². The van der Waals surface area contributed by atoms with Crippen molar-refractivity contribution in [3.8, 4) is 17.2 Å². The number of benzene rings is 3. The molecule has 3 aromatic rings. The monoisotopic (exact) mass is 348 g/mol. The maximum atomic E-state index is 12.7. The Balaban J connectivity index is 1.55. The molecule has 1 saturated carbocycles. The van der Waals surface area contributed by atoms with E-state index in [1.54, 1.807) is 12.1 Å². The van der Waals surface area contributed by atoms with Crippen molar-refractivity contribution < 1.29 is 19.4 Å². The van der Waals surface area contributed by atoms with Gasteiger partial charge in [-0.3, -0.25) is 4.79 Å². The van der Waals surface area contributed by atoms with Gasteiger partial charge >= 0.3 is 5.97 Å². The molecule has 2 unspecified atom stereocenters. The highest BCUT2D eigenvalue weighted by Crippen LogP contribution is 2.45. The first-order chi connectivity index (χ1) is 12.7. The number of methoxy groups -OCH3 is 1. The second kappa shape index (κ2) is 6.71. The number of phenolic OH excluding ortho intramolecular Hbond substituents is 1. The smallest absolute Gasteiger partial charge is 0.314 e. The van der Waals surface area contributed by atoms with Crippen LogP contribution in [0.25, 0.3) is 10.8 Å². The van der Waals surface area contributed by atoms with Gasteiger partial charge in [-0.25, -0.2) is 0 Å². The molecule has 0 bridgehead atoms. The van der Waals surface area contributed by atoms with Crippen molar-refractivity contribution in [2.75, 3.05) is 7.11 Å². The average Bonchev–Trinajstić information content (AvgIpc) is 2.62. The Morgan fingerprint density at radius 1 is 1.00 bits per heavy atom. The molecule has 4 nitrogen and oxygen atoms in total. The van der Waals surface area contributed by atoms with Gasteiger partial charge in [-0.05, 0) is 47.9 Å². The van der Waals surface area contributed by atoms with Crippen molar-refractivity contribution >= 4 is 16.7 Å². The lowest BCUT2D eigenvalue weighted by atomic mass is 9.70. The van der Waals surface area contributed by atoms with E-state index in [0.29, 0.717) is 11.5 Å². The van der Waals surface area contributed by atoms with E-state index in [-0.39, 0.29) is 23.6 Å². The Hall–Kier alpha value is -3.01. The number of ether oxygens (including phenoxy) is 2. The fraction of sp³-hybridized carbons (Fsp3) is 0.227. The van der Waals surface area contributed by atoms with Gasteiger partial charge in [-0.2, -0.15) is 0 Å². The van der Waals surface area contributed by atoms with Gasteiger partial charge in [0.05, 0.1) is 13.0 Å². The molecule has 0 saturated heterocycles. The van der Waals surface area contributed by atoms with Crippen LogP contribution in [0.3, 0.4) is 0 Å². The van der Waals surface area contributed by atoms with Crippen LogP contribution in [-0.4, -0.2) is 18.2 Å². The first kappa shape index (κ1) is 16.5. The molecule has 0 radical (unpaired) electrons. The second-order valence-corrected chi connectivity index (χ2v) is 6.62. The maximum absolute atomic E-state index is 12.7. The molecule has 0 amide bonds. The first-order valence-corrected chi connectivity index (χ1v) is 8.73. The quantitative estimate of drug-likeness (QED) is 0.551. The van der Waals surface area contributed by atoms with Crippen molar-refractivity contribution in [2.24, 2.45) is 5.92 Å². The average molecular weight is 348 g/mol. The molecule has 0 aliphatic heterocycles. The van der Waals surface area contributed by atoms with Gasteiger partial charge in [-0.1, -0.05) is 42.5 Å². The van der Waals surface area contributed by atoms with Crippen LogP contribution in [0.2, 0.25) is 0 Å². The summed E-state index contributed by atoms with van der Waals surface area (Å²) in [5.41, 5.74) is 0.991. The zero-order valence-electron chi connectivity index (χ0n) is 14.5. The lowest BCUT2D eigenvalue weighted by Gasteiger charge is -2.35. The summed E-state index contributed by atoms with van der Waals surface area (Å²) in [6.07, 6.45) is 1.72. The van der Waals surface area contributed by atoms with Crippen molar-refractivity contribution in [2.45, 2.75) is 18.8 Å². The van der Waals surface area contributed by atoms with Crippen LogP contribution < -0.4 is 9.47 Å². The number of esters is 1. The summed E-state index contributed by atoms with van der Waals surface area (Å²) in [7, 11) is 1.52. The Labute approximate surface area is 152 Å². The Morgan fingerprint density at radius 3 is 2.58 bits per heavy atom. The predicted octanol–water partition coefficient (Wildman–Crippen LogP) is 4.65. The van der Waals surface area contributed by atoms with E-state index in [4.69, 9.17) is 9.47 Å². The van der Waals surface area contributed by atoms with Crippen LogP contribution in [0.4, 0.5) is 0 Å². The molecule has 1 aliphatic carbocycles. The van der Waals surface area contributed by atoms with Gasteiger partial charge in [-0.15, -0.1) is 0 Å². The molecule has 0 spiro atoms. The molecule has 3 aromatic carbocycles. The number of carbonyl (C=O) groups excluding carboxylic acids is 1.